The molecule has 1 atom stereocenters. The minimum absolute atomic E-state index is 0.0933. The lowest BCUT2D eigenvalue weighted by molar-refractivity contribution is 0.215. The van der Waals surface area contributed by atoms with Crippen molar-refractivity contribution in [2.75, 3.05) is 13.1 Å². The van der Waals surface area contributed by atoms with Gasteiger partial charge in [0, 0.05) is 31.2 Å². The van der Waals surface area contributed by atoms with Gasteiger partial charge in [-0.25, -0.2) is 13.4 Å². The van der Waals surface area contributed by atoms with Crippen LogP contribution in [0.25, 0.3) is 0 Å². The van der Waals surface area contributed by atoms with E-state index in [4.69, 9.17) is 4.74 Å². The predicted molar refractivity (Wildman–Crippen MR) is 84.6 cm³/mol. The van der Waals surface area contributed by atoms with E-state index in [1.54, 1.807) is 41.6 Å². The maximum absolute atomic E-state index is 12.7. The summed E-state index contributed by atoms with van der Waals surface area (Å²) in [7, 11) is -3.57. The molecule has 0 radical (unpaired) electrons. The van der Waals surface area contributed by atoms with Crippen molar-refractivity contribution in [2.24, 2.45) is 0 Å². The number of hydrogen-bond acceptors (Lipinski definition) is 5. The predicted octanol–water partition coefficient (Wildman–Crippen LogP) is 1.70. The van der Waals surface area contributed by atoms with E-state index in [9.17, 15) is 8.42 Å². The zero-order chi connectivity index (χ0) is 16.4. The van der Waals surface area contributed by atoms with Gasteiger partial charge in [-0.1, -0.05) is 0 Å². The second kappa shape index (κ2) is 6.29. The van der Waals surface area contributed by atoms with Gasteiger partial charge in [0.15, 0.2) is 5.03 Å². The summed E-state index contributed by atoms with van der Waals surface area (Å²) in [6, 6.07) is 3.70. The molecule has 3 rings (SSSR count). The van der Waals surface area contributed by atoms with E-state index in [1.165, 1.54) is 4.31 Å². The third kappa shape index (κ3) is 3.37. The summed E-state index contributed by atoms with van der Waals surface area (Å²) in [5.41, 5.74) is 0. The molecule has 0 saturated carbocycles. The fourth-order valence-electron chi connectivity index (χ4n) is 2.49. The van der Waals surface area contributed by atoms with Crippen LogP contribution in [-0.4, -0.2) is 46.5 Å². The number of imidazole rings is 1. The quantitative estimate of drug-likeness (QED) is 0.830. The van der Waals surface area contributed by atoms with Crippen molar-refractivity contribution in [3.8, 4) is 5.75 Å². The van der Waals surface area contributed by atoms with Crippen LogP contribution >= 0.6 is 0 Å². The number of rotatable bonds is 5. The van der Waals surface area contributed by atoms with Gasteiger partial charge in [0.2, 0.25) is 0 Å². The first-order valence-electron chi connectivity index (χ1n) is 7.57. The van der Waals surface area contributed by atoms with Gasteiger partial charge in [-0.15, -0.1) is 0 Å². The maximum Gasteiger partial charge on any atom is 0.262 e. The smallest absolute Gasteiger partial charge is 0.262 e. The van der Waals surface area contributed by atoms with Gasteiger partial charge in [-0.3, -0.25) is 4.98 Å². The summed E-state index contributed by atoms with van der Waals surface area (Å²) in [6.45, 7) is 4.73. The molecular weight excluding hydrogens is 316 g/mol. The molecule has 0 aliphatic carbocycles. The van der Waals surface area contributed by atoms with Gasteiger partial charge in [0.25, 0.3) is 10.0 Å². The van der Waals surface area contributed by atoms with Gasteiger partial charge < -0.3 is 9.30 Å². The molecule has 0 unspecified atom stereocenters. The van der Waals surface area contributed by atoms with Crippen molar-refractivity contribution in [1.82, 2.24) is 18.8 Å². The van der Waals surface area contributed by atoms with Crippen molar-refractivity contribution in [3.63, 3.8) is 0 Å². The summed E-state index contributed by atoms with van der Waals surface area (Å²) in [5, 5.41) is 0.0933. The van der Waals surface area contributed by atoms with Crippen molar-refractivity contribution < 1.29 is 13.2 Å². The molecule has 0 aromatic carbocycles. The molecule has 1 saturated heterocycles. The van der Waals surface area contributed by atoms with E-state index in [0.717, 1.165) is 0 Å². The number of aromatic nitrogens is 3. The molecule has 2 aromatic heterocycles. The number of sulfonamides is 1. The molecule has 7 nitrogen and oxygen atoms in total. The van der Waals surface area contributed by atoms with Crippen molar-refractivity contribution in [1.29, 1.82) is 0 Å². The van der Waals surface area contributed by atoms with E-state index in [0.29, 0.717) is 25.3 Å². The number of nitrogens with zero attached hydrogens (tertiary/aromatic N) is 4. The van der Waals surface area contributed by atoms with Gasteiger partial charge >= 0.3 is 0 Å². The monoisotopic (exact) mass is 336 g/mol. The molecule has 2 aromatic rings. The topological polar surface area (TPSA) is 77.3 Å². The lowest BCUT2D eigenvalue weighted by Crippen LogP contribution is -2.31. The molecular formula is C15H20N4O3S. The number of pyridine rings is 1. The first-order valence-corrected chi connectivity index (χ1v) is 9.01. The standard InChI is InChI=1S/C15H20N4O3S/c1-12(2)18-10-15(17-11-18)23(20,21)19-8-5-14(9-19)22-13-3-6-16-7-4-13/h3-4,6-7,10-12,14H,5,8-9H2,1-2H3/t14-/m0/s1. The average Bonchev–Trinajstić information content (AvgIpc) is 3.18. The van der Waals surface area contributed by atoms with Crippen molar-refractivity contribution in [3.05, 3.63) is 37.1 Å². The van der Waals surface area contributed by atoms with Crippen molar-refractivity contribution >= 4 is 10.0 Å². The Morgan fingerprint density at radius 3 is 2.70 bits per heavy atom. The summed E-state index contributed by atoms with van der Waals surface area (Å²) < 4.78 is 34.3. The molecule has 0 N–H and O–H groups in total. The Balaban J connectivity index is 1.69. The summed E-state index contributed by atoms with van der Waals surface area (Å²) in [4.78, 5) is 7.98. The minimum Gasteiger partial charge on any atom is -0.489 e. The van der Waals surface area contributed by atoms with Gasteiger partial charge in [-0.2, -0.15) is 4.31 Å². The molecule has 0 amide bonds. The Kier molecular flexibility index (Phi) is 4.36. The second-order valence-corrected chi connectivity index (χ2v) is 7.71. The number of ether oxygens (including phenoxy) is 1. The van der Waals surface area contributed by atoms with Crippen LogP contribution in [0.3, 0.4) is 0 Å². The van der Waals surface area contributed by atoms with Crippen LogP contribution in [0.5, 0.6) is 5.75 Å². The van der Waals surface area contributed by atoms with E-state index in [2.05, 4.69) is 9.97 Å². The Labute approximate surface area is 136 Å². The normalized spacial score (nSPS) is 19.3. The highest BCUT2D eigenvalue weighted by molar-refractivity contribution is 7.89. The van der Waals surface area contributed by atoms with Crippen LogP contribution < -0.4 is 4.74 Å². The molecule has 0 bridgehead atoms. The Bertz CT molecular complexity index is 758. The number of hydrogen-bond donors (Lipinski definition) is 0. The molecule has 23 heavy (non-hydrogen) atoms. The Morgan fingerprint density at radius 1 is 1.30 bits per heavy atom. The van der Waals surface area contributed by atoms with Crippen LogP contribution in [0, 0.1) is 0 Å². The average molecular weight is 336 g/mol. The molecule has 1 fully saturated rings. The first kappa shape index (κ1) is 15.9. The molecule has 0 spiro atoms. The zero-order valence-corrected chi connectivity index (χ0v) is 14.0. The fraction of sp³-hybridized carbons (Fsp3) is 0.467. The summed E-state index contributed by atoms with van der Waals surface area (Å²) >= 11 is 0. The van der Waals surface area contributed by atoms with E-state index >= 15 is 0 Å². The molecule has 1 aliphatic rings. The van der Waals surface area contributed by atoms with Crippen molar-refractivity contribution in [2.45, 2.75) is 37.4 Å². The maximum atomic E-state index is 12.7. The fourth-order valence-corrected chi connectivity index (χ4v) is 3.90. The van der Waals surface area contributed by atoms with Gasteiger partial charge in [0.1, 0.15) is 11.9 Å². The highest BCUT2D eigenvalue weighted by Crippen LogP contribution is 2.23. The second-order valence-electron chi connectivity index (χ2n) is 5.83. The third-order valence-electron chi connectivity index (χ3n) is 3.84. The van der Waals surface area contributed by atoms with Crippen LogP contribution in [-0.2, 0) is 10.0 Å². The lowest BCUT2D eigenvalue weighted by Gasteiger charge is -2.16. The SMILES string of the molecule is CC(C)n1cnc(S(=O)(=O)N2CC[C@H](Oc3ccncc3)C2)c1. The molecule has 1 aliphatic heterocycles. The third-order valence-corrected chi connectivity index (χ3v) is 5.59. The molecule has 3 heterocycles. The molecule has 8 heteroatoms. The summed E-state index contributed by atoms with van der Waals surface area (Å²) in [5.74, 6) is 0.702. The zero-order valence-electron chi connectivity index (χ0n) is 13.2. The highest BCUT2D eigenvalue weighted by atomic mass is 32.2. The summed E-state index contributed by atoms with van der Waals surface area (Å²) in [6.07, 6.45) is 6.94. The van der Waals surface area contributed by atoms with E-state index in [-0.39, 0.29) is 17.2 Å². The van der Waals surface area contributed by atoms with Gasteiger partial charge in [-0.05, 0) is 32.4 Å². The first-order chi connectivity index (χ1) is 11.0. The van der Waals surface area contributed by atoms with E-state index < -0.39 is 10.0 Å². The van der Waals surface area contributed by atoms with Crippen LogP contribution in [0.4, 0.5) is 0 Å². The largest absolute Gasteiger partial charge is 0.489 e. The minimum atomic E-state index is -3.57. The Morgan fingerprint density at radius 2 is 2.04 bits per heavy atom. The Hall–Kier alpha value is -1.93. The molecule has 124 valence electrons. The highest BCUT2D eigenvalue weighted by Gasteiger charge is 2.35. The van der Waals surface area contributed by atoms with Crippen LogP contribution in [0.2, 0.25) is 0 Å². The van der Waals surface area contributed by atoms with Crippen LogP contribution in [0.15, 0.2) is 42.1 Å². The van der Waals surface area contributed by atoms with Crippen LogP contribution in [0.1, 0.15) is 26.3 Å². The van der Waals surface area contributed by atoms with Gasteiger partial charge in [0.05, 0.1) is 12.9 Å². The van der Waals surface area contributed by atoms with E-state index in [1.807, 2.05) is 13.8 Å². The lowest BCUT2D eigenvalue weighted by atomic mass is 10.3.